The van der Waals surface area contributed by atoms with E-state index in [0.29, 0.717) is 10.4 Å². The molecule has 0 saturated carbocycles. The molecule has 0 aliphatic heterocycles. The number of aromatic nitrogens is 1. The Hall–Kier alpha value is -3.51. The van der Waals surface area contributed by atoms with Gasteiger partial charge in [-0.1, -0.05) is 59.9 Å². The molecule has 31 heavy (non-hydrogen) atoms. The van der Waals surface area contributed by atoms with Crippen LogP contribution in [0.15, 0.2) is 71.7 Å². The molecule has 0 spiro atoms. The minimum atomic E-state index is -0.388. The second-order valence-electron chi connectivity index (χ2n) is 7.34. The first-order valence-electron chi connectivity index (χ1n) is 9.88. The molecule has 0 radical (unpaired) electrons. The third-order valence-corrected chi connectivity index (χ3v) is 6.09. The Kier molecular flexibility index (Phi) is 5.82. The first-order valence-corrected chi connectivity index (χ1v) is 10.7. The smallest absolute Gasteiger partial charge is 0.325 e. The van der Waals surface area contributed by atoms with Gasteiger partial charge >= 0.3 is 5.97 Å². The van der Waals surface area contributed by atoms with Crippen molar-refractivity contribution in [3.63, 3.8) is 0 Å². The Morgan fingerprint density at radius 2 is 1.65 bits per heavy atom. The largest absolute Gasteiger partial charge is 0.468 e. The summed E-state index contributed by atoms with van der Waals surface area (Å²) >= 11 is 1.40. The van der Waals surface area contributed by atoms with Crippen molar-refractivity contribution in [2.45, 2.75) is 20.4 Å². The number of methoxy groups -OCH3 is 1. The molecule has 1 amide bonds. The minimum absolute atomic E-state index is 0.000536. The number of ether oxygens (including phenoxy) is 1. The maximum Gasteiger partial charge on any atom is 0.325 e. The maximum absolute atomic E-state index is 12.9. The number of nitrogens with zero attached hydrogens (tertiary/aromatic N) is 2. The number of esters is 1. The van der Waals surface area contributed by atoms with E-state index in [9.17, 15) is 9.59 Å². The van der Waals surface area contributed by atoms with Crippen molar-refractivity contribution in [1.29, 1.82) is 0 Å². The van der Waals surface area contributed by atoms with Crippen LogP contribution in [0.2, 0.25) is 0 Å². The molecule has 1 heterocycles. The highest BCUT2D eigenvalue weighted by molar-refractivity contribution is 7.16. The van der Waals surface area contributed by atoms with Crippen LogP contribution in [-0.2, 0) is 16.1 Å². The topological polar surface area (TPSA) is 60.7 Å². The number of rotatable bonds is 4. The standard InChI is InChI=1S/C25H22N2O3S/c1-16-13-17(2)23-21(14-16)31-25(27(23)15-22(28)30-3)26-24(29)20-11-9-19(10-12-20)18-7-5-4-6-8-18/h4-14H,15H2,1-3H3. The van der Waals surface area contributed by atoms with E-state index in [1.54, 1.807) is 16.7 Å². The van der Waals surface area contributed by atoms with Crippen molar-refractivity contribution in [2.75, 3.05) is 7.11 Å². The molecule has 4 rings (SSSR count). The molecule has 0 N–H and O–H groups in total. The van der Waals surface area contributed by atoms with Gasteiger partial charge in [-0.15, -0.1) is 0 Å². The molecular weight excluding hydrogens is 408 g/mol. The minimum Gasteiger partial charge on any atom is -0.468 e. The van der Waals surface area contributed by atoms with Crippen molar-refractivity contribution in [3.05, 3.63) is 88.2 Å². The second-order valence-corrected chi connectivity index (χ2v) is 8.34. The van der Waals surface area contributed by atoms with Gasteiger partial charge in [0.05, 0.1) is 17.3 Å². The highest BCUT2D eigenvalue weighted by Gasteiger charge is 2.14. The van der Waals surface area contributed by atoms with Crippen LogP contribution in [0, 0.1) is 13.8 Å². The van der Waals surface area contributed by atoms with Crippen LogP contribution in [0.3, 0.4) is 0 Å². The van der Waals surface area contributed by atoms with E-state index in [1.807, 2.05) is 62.4 Å². The summed E-state index contributed by atoms with van der Waals surface area (Å²) in [4.78, 5) is 29.8. The molecule has 1 aromatic heterocycles. The Morgan fingerprint density at radius 1 is 0.968 bits per heavy atom. The third kappa shape index (κ3) is 4.34. The third-order valence-electron chi connectivity index (χ3n) is 5.06. The molecule has 6 heteroatoms. The van der Waals surface area contributed by atoms with E-state index >= 15 is 0 Å². The lowest BCUT2D eigenvalue weighted by Gasteiger charge is -2.06. The van der Waals surface area contributed by atoms with Crippen LogP contribution in [0.5, 0.6) is 0 Å². The van der Waals surface area contributed by atoms with Crippen LogP contribution in [0.1, 0.15) is 21.5 Å². The van der Waals surface area contributed by atoms with Gasteiger partial charge in [0, 0.05) is 5.56 Å². The predicted octanol–water partition coefficient (Wildman–Crippen LogP) is 4.90. The van der Waals surface area contributed by atoms with E-state index in [2.05, 4.69) is 11.1 Å². The average molecular weight is 431 g/mol. The molecule has 0 fully saturated rings. The van der Waals surface area contributed by atoms with Crippen LogP contribution < -0.4 is 4.80 Å². The Bertz CT molecular complexity index is 1330. The number of aryl methyl sites for hydroxylation is 2. The Balaban J connectivity index is 1.76. The molecule has 156 valence electrons. The summed E-state index contributed by atoms with van der Waals surface area (Å²) in [5.41, 5.74) is 5.65. The number of thiazole rings is 1. The Morgan fingerprint density at radius 3 is 2.32 bits per heavy atom. The van der Waals surface area contributed by atoms with E-state index in [1.165, 1.54) is 18.4 Å². The maximum atomic E-state index is 12.9. The first-order chi connectivity index (χ1) is 15.0. The van der Waals surface area contributed by atoms with Crippen molar-refractivity contribution < 1.29 is 14.3 Å². The number of benzene rings is 3. The van der Waals surface area contributed by atoms with Crippen LogP contribution in [-0.4, -0.2) is 23.6 Å². The number of amides is 1. The summed E-state index contributed by atoms with van der Waals surface area (Å²) in [7, 11) is 1.35. The summed E-state index contributed by atoms with van der Waals surface area (Å²) in [6.45, 7) is 4.01. The molecule has 4 aromatic rings. The number of fused-ring (bicyclic) bond motifs is 1. The summed E-state index contributed by atoms with van der Waals surface area (Å²) in [5, 5.41) is 0. The molecule has 0 saturated heterocycles. The van der Waals surface area contributed by atoms with E-state index in [0.717, 1.165) is 32.5 Å². The lowest BCUT2D eigenvalue weighted by atomic mass is 10.0. The van der Waals surface area contributed by atoms with Crippen LogP contribution in [0.25, 0.3) is 21.3 Å². The molecule has 3 aromatic carbocycles. The normalized spacial score (nSPS) is 11.6. The van der Waals surface area contributed by atoms with Crippen molar-refractivity contribution >= 4 is 33.4 Å². The molecule has 0 aliphatic rings. The predicted molar refractivity (Wildman–Crippen MR) is 123 cm³/mol. The lowest BCUT2D eigenvalue weighted by Crippen LogP contribution is -2.22. The van der Waals surface area contributed by atoms with Gasteiger partial charge in [0.15, 0.2) is 4.80 Å². The lowest BCUT2D eigenvalue weighted by molar-refractivity contribution is -0.141. The fourth-order valence-corrected chi connectivity index (χ4v) is 4.81. The van der Waals surface area contributed by atoms with Gasteiger partial charge < -0.3 is 9.30 Å². The van der Waals surface area contributed by atoms with E-state index in [4.69, 9.17) is 4.74 Å². The molecule has 0 bridgehead atoms. The van der Waals surface area contributed by atoms with Gasteiger partial charge in [-0.3, -0.25) is 9.59 Å². The second kappa shape index (κ2) is 8.70. The van der Waals surface area contributed by atoms with Gasteiger partial charge in [-0.2, -0.15) is 4.99 Å². The van der Waals surface area contributed by atoms with Gasteiger partial charge in [-0.25, -0.2) is 0 Å². The average Bonchev–Trinajstić information content (AvgIpc) is 3.11. The van der Waals surface area contributed by atoms with Crippen molar-refractivity contribution in [3.8, 4) is 11.1 Å². The summed E-state index contributed by atoms with van der Waals surface area (Å²) < 4.78 is 7.59. The van der Waals surface area contributed by atoms with Crippen LogP contribution >= 0.6 is 11.3 Å². The summed E-state index contributed by atoms with van der Waals surface area (Å²) in [6.07, 6.45) is 0. The number of carbonyl (C=O) groups excluding carboxylic acids is 2. The zero-order valence-electron chi connectivity index (χ0n) is 17.6. The van der Waals surface area contributed by atoms with Gasteiger partial charge in [0.2, 0.25) is 0 Å². The molecular formula is C25H22N2O3S. The highest BCUT2D eigenvalue weighted by Crippen LogP contribution is 2.24. The van der Waals surface area contributed by atoms with Crippen LogP contribution in [0.4, 0.5) is 0 Å². The summed E-state index contributed by atoms with van der Waals surface area (Å²) in [6, 6.07) is 21.5. The van der Waals surface area contributed by atoms with E-state index in [-0.39, 0.29) is 18.4 Å². The van der Waals surface area contributed by atoms with Gasteiger partial charge in [0.25, 0.3) is 5.91 Å². The quantitative estimate of drug-likeness (QED) is 0.433. The number of carbonyl (C=O) groups is 2. The van der Waals surface area contributed by atoms with Crippen molar-refractivity contribution in [1.82, 2.24) is 4.57 Å². The monoisotopic (exact) mass is 430 g/mol. The zero-order chi connectivity index (χ0) is 22.0. The molecule has 0 aliphatic carbocycles. The zero-order valence-corrected chi connectivity index (χ0v) is 18.4. The fourth-order valence-electron chi connectivity index (χ4n) is 3.60. The van der Waals surface area contributed by atoms with Gasteiger partial charge in [0.1, 0.15) is 6.54 Å². The van der Waals surface area contributed by atoms with Gasteiger partial charge in [-0.05, 0) is 54.3 Å². The molecule has 5 nitrogen and oxygen atoms in total. The highest BCUT2D eigenvalue weighted by atomic mass is 32.1. The Labute approximate surface area is 184 Å². The fraction of sp³-hybridized carbons (Fsp3) is 0.160. The number of hydrogen-bond donors (Lipinski definition) is 0. The van der Waals surface area contributed by atoms with Crippen molar-refractivity contribution in [2.24, 2.45) is 4.99 Å². The SMILES string of the molecule is COC(=O)Cn1c(=NC(=O)c2ccc(-c3ccccc3)cc2)sc2cc(C)cc(C)c21. The van der Waals surface area contributed by atoms with E-state index < -0.39 is 0 Å². The number of hydrogen-bond acceptors (Lipinski definition) is 4. The molecule has 0 atom stereocenters. The first kappa shape index (κ1) is 20.8. The molecule has 0 unspecified atom stereocenters. The summed E-state index contributed by atoms with van der Waals surface area (Å²) in [5.74, 6) is -0.736.